The van der Waals surface area contributed by atoms with Crippen LogP contribution in [-0.4, -0.2) is 31.1 Å². The fourth-order valence-corrected chi connectivity index (χ4v) is 3.49. The molecule has 0 radical (unpaired) electrons. The number of imidazole rings is 1. The van der Waals surface area contributed by atoms with Crippen molar-refractivity contribution in [3.05, 3.63) is 72.3 Å². The number of anilines is 1. The molecule has 0 aliphatic carbocycles. The number of hydrogen-bond donors (Lipinski definition) is 4. The number of benzene rings is 2. The second-order valence-electron chi connectivity index (χ2n) is 7.17. The van der Waals surface area contributed by atoms with Crippen LogP contribution in [0.2, 0.25) is 0 Å². The van der Waals surface area contributed by atoms with Gasteiger partial charge < -0.3 is 16.0 Å². The highest BCUT2D eigenvalue weighted by Gasteiger charge is 2.17. The van der Waals surface area contributed by atoms with Gasteiger partial charge in [-0.15, -0.1) is 0 Å². The minimum absolute atomic E-state index is 0.177. The van der Waals surface area contributed by atoms with E-state index in [1.165, 1.54) is 0 Å². The Kier molecular flexibility index (Phi) is 4.17. The third-order valence-corrected chi connectivity index (χ3v) is 5.12. The van der Waals surface area contributed by atoms with E-state index < -0.39 is 0 Å². The number of nitrogen functional groups attached to an aromatic ring is 1. The van der Waals surface area contributed by atoms with Crippen molar-refractivity contribution in [1.29, 1.82) is 0 Å². The summed E-state index contributed by atoms with van der Waals surface area (Å²) in [5, 5.41) is 11.4. The Labute approximate surface area is 171 Å². The Morgan fingerprint density at radius 1 is 1.07 bits per heavy atom. The molecule has 148 valence electrons. The van der Waals surface area contributed by atoms with Crippen molar-refractivity contribution in [3.8, 4) is 11.3 Å². The molecule has 8 nitrogen and oxygen atoms in total. The zero-order valence-electron chi connectivity index (χ0n) is 16.2. The molecule has 0 bridgehead atoms. The van der Waals surface area contributed by atoms with Gasteiger partial charge in [0.15, 0.2) is 5.82 Å². The van der Waals surface area contributed by atoms with Crippen LogP contribution in [0.4, 0.5) is 5.69 Å². The van der Waals surface area contributed by atoms with Crippen molar-refractivity contribution in [2.24, 2.45) is 0 Å². The molecule has 0 saturated carbocycles. The Morgan fingerprint density at radius 2 is 1.83 bits per heavy atom. The van der Waals surface area contributed by atoms with Crippen molar-refractivity contribution < 1.29 is 4.79 Å². The maximum Gasteiger partial charge on any atom is 0.287 e. The van der Waals surface area contributed by atoms with Crippen LogP contribution in [0.3, 0.4) is 0 Å². The van der Waals surface area contributed by atoms with E-state index in [1.807, 2.05) is 55.5 Å². The molecule has 2 aromatic carbocycles. The van der Waals surface area contributed by atoms with Gasteiger partial charge in [0.1, 0.15) is 5.69 Å². The molecule has 1 atom stereocenters. The van der Waals surface area contributed by atoms with Crippen LogP contribution in [0.5, 0.6) is 0 Å². The highest BCUT2D eigenvalue weighted by atomic mass is 16.2. The van der Waals surface area contributed by atoms with Crippen LogP contribution in [0.1, 0.15) is 29.1 Å². The third-order valence-electron chi connectivity index (χ3n) is 5.12. The van der Waals surface area contributed by atoms with E-state index in [-0.39, 0.29) is 17.8 Å². The maximum absolute atomic E-state index is 12.7. The summed E-state index contributed by atoms with van der Waals surface area (Å²) >= 11 is 0. The molecule has 3 aromatic heterocycles. The summed E-state index contributed by atoms with van der Waals surface area (Å²) in [6, 6.07) is 14.9. The van der Waals surface area contributed by atoms with Crippen LogP contribution < -0.4 is 11.1 Å². The van der Waals surface area contributed by atoms with Gasteiger partial charge in [-0.3, -0.25) is 14.9 Å². The zero-order chi connectivity index (χ0) is 20.7. The van der Waals surface area contributed by atoms with E-state index in [0.29, 0.717) is 11.2 Å². The Bertz CT molecular complexity index is 1350. The molecule has 1 unspecified atom stereocenters. The number of carbonyl (C=O) groups is 1. The van der Waals surface area contributed by atoms with Crippen molar-refractivity contribution >= 4 is 33.5 Å². The smallest absolute Gasteiger partial charge is 0.287 e. The number of hydrogen-bond acceptors (Lipinski definition) is 5. The van der Waals surface area contributed by atoms with Gasteiger partial charge in [-0.05, 0) is 48.9 Å². The van der Waals surface area contributed by atoms with Gasteiger partial charge in [-0.1, -0.05) is 12.1 Å². The zero-order valence-corrected chi connectivity index (χ0v) is 16.2. The Hall–Kier alpha value is -4.20. The summed E-state index contributed by atoms with van der Waals surface area (Å²) in [5.41, 5.74) is 11.5. The number of pyridine rings is 1. The Balaban J connectivity index is 1.45. The molecule has 5 aromatic rings. The Morgan fingerprint density at radius 3 is 2.60 bits per heavy atom. The standard InChI is InChI=1S/C22H19N7O/c1-12(13-2-4-15(23)5-3-13)25-22(30)21-26-18-10-16-17(11-19(18)27-21)28-29-20(16)14-6-8-24-9-7-14/h2-12H,23H2,1H3,(H,25,30)(H,26,27)(H,28,29). The largest absolute Gasteiger partial charge is 0.399 e. The van der Waals surface area contributed by atoms with E-state index in [2.05, 4.69) is 30.5 Å². The quantitative estimate of drug-likeness (QED) is 0.345. The second kappa shape index (κ2) is 7.00. The number of carbonyl (C=O) groups excluding carboxylic acids is 1. The van der Waals surface area contributed by atoms with Crippen molar-refractivity contribution in [3.63, 3.8) is 0 Å². The van der Waals surface area contributed by atoms with Gasteiger partial charge in [0.05, 0.1) is 22.6 Å². The fraction of sp³-hybridized carbons (Fsp3) is 0.0909. The molecule has 0 spiro atoms. The molecular formula is C22H19N7O. The molecular weight excluding hydrogens is 378 g/mol. The van der Waals surface area contributed by atoms with Gasteiger partial charge in [-0.25, -0.2) is 4.98 Å². The fourth-order valence-electron chi connectivity index (χ4n) is 3.49. The molecule has 0 aliphatic heterocycles. The number of nitrogens with zero attached hydrogens (tertiary/aromatic N) is 3. The molecule has 0 fully saturated rings. The first-order valence-electron chi connectivity index (χ1n) is 9.53. The first-order chi connectivity index (χ1) is 14.6. The van der Waals surface area contributed by atoms with Gasteiger partial charge in [-0.2, -0.15) is 5.10 Å². The third kappa shape index (κ3) is 3.14. The number of aromatic nitrogens is 5. The molecule has 5 N–H and O–H groups in total. The lowest BCUT2D eigenvalue weighted by molar-refractivity contribution is 0.0930. The highest BCUT2D eigenvalue weighted by Crippen LogP contribution is 2.29. The van der Waals surface area contributed by atoms with E-state index in [0.717, 1.165) is 33.2 Å². The predicted octanol–water partition coefficient (Wildman–Crippen LogP) is 3.57. The molecule has 0 aliphatic rings. The van der Waals surface area contributed by atoms with E-state index in [4.69, 9.17) is 5.73 Å². The van der Waals surface area contributed by atoms with Gasteiger partial charge in [0.2, 0.25) is 0 Å². The number of amides is 1. The average Bonchev–Trinajstić information content (AvgIpc) is 3.36. The van der Waals surface area contributed by atoms with E-state index in [9.17, 15) is 4.79 Å². The number of nitrogens with one attached hydrogen (secondary N) is 3. The summed E-state index contributed by atoms with van der Waals surface area (Å²) in [7, 11) is 0. The summed E-state index contributed by atoms with van der Waals surface area (Å²) in [4.78, 5) is 24.4. The molecule has 1 amide bonds. The first kappa shape index (κ1) is 17.9. The summed E-state index contributed by atoms with van der Waals surface area (Å²) < 4.78 is 0. The monoisotopic (exact) mass is 397 g/mol. The molecule has 30 heavy (non-hydrogen) atoms. The van der Waals surface area contributed by atoms with Crippen LogP contribution in [0, 0.1) is 0 Å². The minimum atomic E-state index is -0.272. The predicted molar refractivity (Wildman–Crippen MR) is 116 cm³/mol. The van der Waals surface area contributed by atoms with Gasteiger partial charge >= 0.3 is 0 Å². The van der Waals surface area contributed by atoms with Crippen LogP contribution in [-0.2, 0) is 0 Å². The van der Waals surface area contributed by atoms with Crippen molar-refractivity contribution in [2.75, 3.05) is 5.73 Å². The number of fused-ring (bicyclic) bond motifs is 2. The lowest BCUT2D eigenvalue weighted by atomic mass is 10.1. The topological polar surface area (TPSA) is 125 Å². The van der Waals surface area contributed by atoms with Crippen molar-refractivity contribution in [1.82, 2.24) is 30.5 Å². The van der Waals surface area contributed by atoms with E-state index >= 15 is 0 Å². The van der Waals surface area contributed by atoms with Crippen LogP contribution >= 0.6 is 0 Å². The lowest BCUT2D eigenvalue weighted by Gasteiger charge is -2.13. The van der Waals surface area contributed by atoms with Crippen molar-refractivity contribution in [2.45, 2.75) is 13.0 Å². The molecule has 8 heteroatoms. The molecule has 5 rings (SSSR count). The normalized spacial score (nSPS) is 12.3. The van der Waals surface area contributed by atoms with Gasteiger partial charge in [0, 0.05) is 29.0 Å². The van der Waals surface area contributed by atoms with E-state index in [1.54, 1.807) is 12.4 Å². The number of aromatic amines is 2. The highest BCUT2D eigenvalue weighted by molar-refractivity contribution is 6.02. The first-order valence-corrected chi connectivity index (χ1v) is 9.53. The molecule has 3 heterocycles. The van der Waals surface area contributed by atoms with Gasteiger partial charge in [0.25, 0.3) is 5.91 Å². The average molecular weight is 397 g/mol. The summed E-state index contributed by atoms with van der Waals surface area (Å²) in [6.07, 6.45) is 3.46. The maximum atomic E-state index is 12.7. The summed E-state index contributed by atoms with van der Waals surface area (Å²) in [5.74, 6) is -0.00923. The number of H-pyrrole nitrogens is 2. The second-order valence-corrected chi connectivity index (χ2v) is 7.17. The molecule has 0 saturated heterocycles. The summed E-state index contributed by atoms with van der Waals surface area (Å²) in [6.45, 7) is 1.92. The SMILES string of the molecule is CC(NC(=O)c1nc2cc3c(-c4ccncc4)n[nH]c3cc2[nH]1)c1ccc(N)cc1. The lowest BCUT2D eigenvalue weighted by Crippen LogP contribution is -2.27. The number of rotatable bonds is 4. The number of nitrogens with two attached hydrogens (primary N) is 1. The van der Waals surface area contributed by atoms with Crippen LogP contribution in [0.15, 0.2) is 60.9 Å². The van der Waals surface area contributed by atoms with Crippen LogP contribution in [0.25, 0.3) is 33.2 Å². The minimum Gasteiger partial charge on any atom is -0.399 e.